The molecular weight excluding hydrogens is 997 g/mol. The van der Waals surface area contributed by atoms with Crippen LogP contribution < -0.4 is 5.63 Å². The highest BCUT2D eigenvalue weighted by Gasteiger charge is 2.61. The van der Waals surface area contributed by atoms with Crippen LogP contribution in [0.3, 0.4) is 0 Å². The Hall–Kier alpha value is -4.09. The molecule has 0 saturated heterocycles. The van der Waals surface area contributed by atoms with Gasteiger partial charge in [0.1, 0.15) is 38.6 Å². The van der Waals surface area contributed by atoms with Gasteiger partial charge in [0.05, 0.1) is 5.56 Å². The highest BCUT2D eigenvalue weighted by atomic mass is 16.7. The van der Waals surface area contributed by atoms with E-state index in [1.165, 1.54) is 101 Å². The van der Waals surface area contributed by atoms with Gasteiger partial charge in [-0.05, 0) is 183 Å². The van der Waals surface area contributed by atoms with Crippen molar-refractivity contribution >= 4 is 24.2 Å². The fourth-order valence-corrected chi connectivity index (χ4v) is 19.2. The van der Waals surface area contributed by atoms with Crippen molar-refractivity contribution in [3.63, 3.8) is 0 Å². The molecule has 12 nitrogen and oxygen atoms in total. The van der Waals surface area contributed by atoms with Gasteiger partial charge in [0, 0.05) is 25.0 Å². The predicted octanol–water partition coefficient (Wildman–Crippen LogP) is 16.1. The number of ether oxygens (including phenoxy) is 6. The standard InChI is InChI=1S/C67H100O12/c1-41(2)13-11-15-43(5)52-21-23-54-50-19-17-46-39-48(25-29-64(46,7)56(50)27-31-66(52,54)9)77-62(71)75-35-33-73-60(69)45-37-58(79-59(68)38-45)61(70)74-34-36-76-63(72)78-49-26-30-65(8)47(40-49)18-20-51-55-24-22-53(44(6)16-12-14-42(3)4)67(55,10)32-28-57(51)65/h17-18,37-38,41-44,48-57H,11-16,19-36,39-40H2,1-10H3/t43-,44-,48?,49?,50+,51+,52-,53-,54+,55+,56+,57+,64+,65+,66-,67-/m1/s1. The number of esters is 2. The maximum absolute atomic E-state index is 13.0. The number of carbonyl (C=O) groups is 4. The molecule has 0 aromatic carbocycles. The molecule has 0 aliphatic heterocycles. The van der Waals surface area contributed by atoms with Crippen molar-refractivity contribution < 1.29 is 52.0 Å². The largest absolute Gasteiger partial charge is 0.508 e. The fourth-order valence-electron chi connectivity index (χ4n) is 19.2. The van der Waals surface area contributed by atoms with Gasteiger partial charge in [-0.1, -0.05) is 131 Å². The number of hydrogen-bond donors (Lipinski definition) is 0. The van der Waals surface area contributed by atoms with Crippen LogP contribution in [0, 0.1) is 92.7 Å². The van der Waals surface area contributed by atoms with Gasteiger partial charge in [0.2, 0.25) is 5.76 Å². The zero-order chi connectivity index (χ0) is 56.4. The molecule has 0 amide bonds. The molecule has 0 spiro atoms. The lowest BCUT2D eigenvalue weighted by molar-refractivity contribution is -0.0622. The van der Waals surface area contributed by atoms with Crippen molar-refractivity contribution in [1.82, 2.24) is 0 Å². The first kappa shape index (κ1) is 59.5. The summed E-state index contributed by atoms with van der Waals surface area (Å²) in [5.41, 5.74) is 2.76. The number of allylic oxidation sites excluding steroid dienone is 2. The summed E-state index contributed by atoms with van der Waals surface area (Å²) in [7, 11) is 0. The summed E-state index contributed by atoms with van der Waals surface area (Å²) in [5.74, 6) is 6.64. The number of fused-ring (bicyclic) bond motifs is 10. The Morgan fingerprint density at radius 3 is 1.43 bits per heavy atom. The van der Waals surface area contributed by atoms with Crippen molar-refractivity contribution in [2.45, 2.75) is 223 Å². The average Bonchev–Trinajstić information content (AvgIpc) is 4.15. The lowest BCUT2D eigenvalue weighted by atomic mass is 9.47. The molecule has 6 fully saturated rings. The molecule has 79 heavy (non-hydrogen) atoms. The van der Waals surface area contributed by atoms with E-state index in [-0.39, 0.29) is 55.0 Å². The summed E-state index contributed by atoms with van der Waals surface area (Å²) >= 11 is 0. The van der Waals surface area contributed by atoms with Crippen LogP contribution in [0.2, 0.25) is 0 Å². The van der Waals surface area contributed by atoms with Crippen molar-refractivity contribution in [2.24, 2.45) is 92.7 Å². The molecule has 16 atom stereocenters. The van der Waals surface area contributed by atoms with E-state index in [4.69, 9.17) is 32.8 Å². The van der Waals surface area contributed by atoms with Crippen molar-refractivity contribution in [1.29, 1.82) is 0 Å². The highest BCUT2D eigenvalue weighted by molar-refractivity contribution is 5.93. The minimum absolute atomic E-state index is 0.121. The molecule has 0 bridgehead atoms. The average molecular weight is 1100 g/mol. The third kappa shape index (κ3) is 12.6. The fraction of sp³-hybridized carbons (Fsp3) is 0.806. The Labute approximate surface area is 473 Å². The molecule has 1 aromatic heterocycles. The molecule has 9 rings (SSSR count). The lowest BCUT2D eigenvalue weighted by Crippen LogP contribution is -2.51. The van der Waals surface area contributed by atoms with Crippen molar-refractivity contribution in [3.8, 4) is 0 Å². The first-order valence-corrected chi connectivity index (χ1v) is 31.7. The first-order chi connectivity index (χ1) is 37.6. The number of carbonyl (C=O) groups excluding carboxylic acids is 4. The zero-order valence-corrected chi connectivity index (χ0v) is 50.2. The topological polar surface area (TPSA) is 154 Å². The molecule has 0 radical (unpaired) electrons. The summed E-state index contributed by atoms with van der Waals surface area (Å²) in [6, 6.07) is 1.95. The highest BCUT2D eigenvalue weighted by Crippen LogP contribution is 2.69. The van der Waals surface area contributed by atoms with E-state index in [2.05, 4.69) is 81.4 Å². The Morgan fingerprint density at radius 1 is 0.532 bits per heavy atom. The smallest absolute Gasteiger partial charge is 0.458 e. The van der Waals surface area contributed by atoms with Crippen LogP contribution in [0.15, 0.2) is 44.6 Å². The van der Waals surface area contributed by atoms with Gasteiger partial charge in [0.25, 0.3) is 0 Å². The molecule has 2 unspecified atom stereocenters. The van der Waals surface area contributed by atoms with Gasteiger partial charge in [-0.3, -0.25) is 0 Å². The minimum atomic E-state index is -1.02. The van der Waals surface area contributed by atoms with Gasteiger partial charge < -0.3 is 32.8 Å². The summed E-state index contributed by atoms with van der Waals surface area (Å²) < 4.78 is 37.8. The van der Waals surface area contributed by atoms with Crippen molar-refractivity contribution in [2.75, 3.05) is 26.4 Å². The van der Waals surface area contributed by atoms with E-state index in [0.29, 0.717) is 35.5 Å². The van der Waals surface area contributed by atoms with Crippen LogP contribution in [0.1, 0.15) is 231 Å². The Morgan fingerprint density at radius 2 is 0.975 bits per heavy atom. The summed E-state index contributed by atoms with van der Waals surface area (Å²) in [4.78, 5) is 64.0. The van der Waals surface area contributed by atoms with Crippen LogP contribution in [-0.2, 0) is 28.4 Å². The summed E-state index contributed by atoms with van der Waals surface area (Å²) in [6.45, 7) is 23.4. The van der Waals surface area contributed by atoms with Crippen LogP contribution in [0.5, 0.6) is 0 Å². The molecule has 8 aliphatic rings. The van der Waals surface area contributed by atoms with Crippen molar-refractivity contribution in [3.05, 3.63) is 57.2 Å². The Balaban J connectivity index is 0.662. The molecule has 0 N–H and O–H groups in total. The first-order valence-electron chi connectivity index (χ1n) is 31.7. The molecule has 440 valence electrons. The van der Waals surface area contributed by atoms with Gasteiger partial charge in [-0.25, -0.2) is 24.0 Å². The van der Waals surface area contributed by atoms with Crippen LogP contribution >= 0.6 is 0 Å². The van der Waals surface area contributed by atoms with Gasteiger partial charge in [0.15, 0.2) is 0 Å². The quantitative estimate of drug-likeness (QED) is 0.0528. The van der Waals surface area contributed by atoms with Gasteiger partial charge >= 0.3 is 29.9 Å². The zero-order valence-electron chi connectivity index (χ0n) is 50.2. The van der Waals surface area contributed by atoms with E-state index >= 15 is 0 Å². The Kier molecular flexibility index (Phi) is 18.7. The molecule has 1 heterocycles. The van der Waals surface area contributed by atoms with Crippen LogP contribution in [-0.4, -0.2) is 62.9 Å². The second kappa shape index (κ2) is 24.8. The third-order valence-corrected chi connectivity index (χ3v) is 23.3. The molecule has 8 aliphatic carbocycles. The predicted molar refractivity (Wildman–Crippen MR) is 304 cm³/mol. The second-order valence-corrected chi connectivity index (χ2v) is 28.5. The lowest BCUT2D eigenvalue weighted by Gasteiger charge is -2.58. The molecular formula is C67H100O12. The Bertz CT molecular complexity index is 2290. The molecule has 6 saturated carbocycles. The van der Waals surface area contributed by atoms with E-state index < -0.39 is 35.6 Å². The van der Waals surface area contributed by atoms with E-state index in [1.54, 1.807) is 0 Å². The second-order valence-electron chi connectivity index (χ2n) is 28.5. The summed E-state index contributed by atoms with van der Waals surface area (Å²) in [6.07, 6.45) is 28.6. The van der Waals surface area contributed by atoms with Crippen LogP contribution in [0.25, 0.3) is 0 Å². The van der Waals surface area contributed by atoms with E-state index in [1.807, 2.05) is 0 Å². The monoisotopic (exact) mass is 1100 g/mol. The maximum Gasteiger partial charge on any atom is 0.508 e. The third-order valence-electron chi connectivity index (χ3n) is 23.3. The SMILES string of the molecule is CC(C)CCC[C@@H](C)[C@H]1CC[C@H]2[C@@H]3CC=C4CC(OC(=O)OCCOC(=O)c5cc(C(=O)OCCOC(=O)OC6CC[C@@]7(C)C(=CC[C@H]8[C@@H]9CC[C@H]([C@H](C)CCCC(C)C)[C@@]9(C)CC[C@@H]87)C6)oc(=O)c5)CC[C@]4(C)[C@H]3CC[C@]12C. The van der Waals surface area contributed by atoms with Gasteiger partial charge in [-0.15, -0.1) is 0 Å². The normalized spacial score (nSPS) is 36.2. The van der Waals surface area contributed by atoms with E-state index in [9.17, 15) is 24.0 Å². The number of hydrogen-bond acceptors (Lipinski definition) is 12. The van der Waals surface area contributed by atoms with E-state index in [0.717, 1.165) is 110 Å². The minimum Gasteiger partial charge on any atom is -0.458 e. The number of rotatable bonds is 20. The molecule has 1 aromatic rings. The van der Waals surface area contributed by atoms with Crippen LogP contribution in [0.4, 0.5) is 9.59 Å². The van der Waals surface area contributed by atoms with Gasteiger partial charge in [-0.2, -0.15) is 0 Å². The molecule has 12 heteroatoms. The maximum atomic E-state index is 13.0. The summed E-state index contributed by atoms with van der Waals surface area (Å²) in [5, 5.41) is 0.